The molecular formula is C35H35FN2O7S. The van der Waals surface area contributed by atoms with E-state index in [1.165, 1.54) is 48.1 Å². The second kappa shape index (κ2) is 11.9. The number of hydrogen-bond donors (Lipinski definition) is 1. The molecule has 0 unspecified atom stereocenters. The summed E-state index contributed by atoms with van der Waals surface area (Å²) in [6.07, 6.45) is 1.52. The second-order valence-electron chi connectivity index (χ2n) is 11.8. The molecule has 5 aromatic rings. The molecule has 0 saturated carbocycles. The Bertz CT molecular complexity index is 2150. The number of aliphatic hydroxyl groups is 1. The summed E-state index contributed by atoms with van der Waals surface area (Å²) in [5, 5.41) is 11.1. The number of nitrogens with zero attached hydrogens (tertiary/aromatic N) is 2. The van der Waals surface area contributed by atoms with Gasteiger partial charge >= 0.3 is 5.97 Å². The quantitative estimate of drug-likeness (QED) is 0.191. The standard InChI is InChI=1S/C35H35FN2O7S/c1-8-44-34(40)29-18-27-28(19-37(7)33(39)31(27)38(29)46(42,43)25-12-9-20(2)10-13-25)26-17-23(35(5,6)41)11-14-30(26)45-32-21(3)15-24(36)16-22(32)4/h9-19,41H,8H2,1-7H3. The number of hydrogen-bond acceptors (Lipinski definition) is 7. The lowest BCUT2D eigenvalue weighted by molar-refractivity contribution is 0.0518. The molecule has 0 atom stereocenters. The van der Waals surface area contributed by atoms with Crippen LogP contribution in [0.3, 0.4) is 0 Å². The van der Waals surface area contributed by atoms with Crippen molar-refractivity contribution >= 4 is 26.9 Å². The molecule has 0 aliphatic heterocycles. The van der Waals surface area contributed by atoms with Crippen molar-refractivity contribution in [3.63, 3.8) is 0 Å². The van der Waals surface area contributed by atoms with Gasteiger partial charge in [0.25, 0.3) is 15.6 Å². The summed E-state index contributed by atoms with van der Waals surface area (Å²) in [6.45, 7) is 10.0. The summed E-state index contributed by atoms with van der Waals surface area (Å²) >= 11 is 0. The third kappa shape index (κ3) is 5.83. The predicted octanol–water partition coefficient (Wildman–Crippen LogP) is 6.50. The van der Waals surface area contributed by atoms with Crippen molar-refractivity contribution in [1.82, 2.24) is 8.54 Å². The van der Waals surface area contributed by atoms with E-state index in [2.05, 4.69) is 0 Å². The topological polar surface area (TPSA) is 117 Å². The summed E-state index contributed by atoms with van der Waals surface area (Å²) in [6, 6.07) is 15.1. The minimum Gasteiger partial charge on any atom is -0.461 e. The van der Waals surface area contributed by atoms with Gasteiger partial charge in [-0.3, -0.25) is 4.79 Å². The van der Waals surface area contributed by atoms with E-state index in [9.17, 15) is 27.5 Å². The monoisotopic (exact) mass is 646 g/mol. The Morgan fingerprint density at radius 3 is 2.17 bits per heavy atom. The third-order valence-electron chi connectivity index (χ3n) is 7.75. The summed E-state index contributed by atoms with van der Waals surface area (Å²) in [5.41, 5.74) is 0.574. The van der Waals surface area contributed by atoms with Crippen LogP contribution < -0.4 is 10.3 Å². The first kappa shape index (κ1) is 32.6. The second-order valence-corrected chi connectivity index (χ2v) is 13.6. The highest BCUT2D eigenvalue weighted by atomic mass is 32.2. The largest absolute Gasteiger partial charge is 0.461 e. The number of aryl methyl sites for hydroxylation is 4. The van der Waals surface area contributed by atoms with E-state index < -0.39 is 33.0 Å². The fourth-order valence-corrected chi connectivity index (χ4v) is 6.89. The maximum atomic E-state index is 14.2. The lowest BCUT2D eigenvalue weighted by atomic mass is 9.93. The normalized spacial score (nSPS) is 12.0. The van der Waals surface area contributed by atoms with E-state index in [0.29, 0.717) is 33.6 Å². The van der Waals surface area contributed by atoms with Crippen LogP contribution in [-0.2, 0) is 27.4 Å². The Morgan fingerprint density at radius 1 is 0.957 bits per heavy atom. The van der Waals surface area contributed by atoms with E-state index in [1.54, 1.807) is 65.0 Å². The zero-order chi connectivity index (χ0) is 33.7. The zero-order valence-corrected chi connectivity index (χ0v) is 27.5. The van der Waals surface area contributed by atoms with Gasteiger partial charge in [-0.25, -0.2) is 21.6 Å². The summed E-state index contributed by atoms with van der Waals surface area (Å²) in [4.78, 5) is 27.0. The molecule has 0 fully saturated rings. The number of pyridine rings is 1. The van der Waals surface area contributed by atoms with E-state index in [4.69, 9.17) is 9.47 Å². The van der Waals surface area contributed by atoms with Crippen molar-refractivity contribution in [3.05, 3.63) is 111 Å². The highest BCUT2D eigenvalue weighted by Crippen LogP contribution is 2.42. The van der Waals surface area contributed by atoms with Crippen molar-refractivity contribution in [1.29, 1.82) is 0 Å². The molecule has 240 valence electrons. The molecule has 2 aromatic heterocycles. The van der Waals surface area contributed by atoms with Crippen LogP contribution in [0.4, 0.5) is 4.39 Å². The van der Waals surface area contributed by atoms with Crippen molar-refractivity contribution in [2.75, 3.05) is 6.61 Å². The van der Waals surface area contributed by atoms with Gasteiger partial charge in [-0.1, -0.05) is 23.8 Å². The van der Waals surface area contributed by atoms with E-state index in [-0.39, 0.29) is 33.8 Å². The number of ether oxygens (including phenoxy) is 2. The van der Waals surface area contributed by atoms with Crippen LogP contribution in [0.5, 0.6) is 11.5 Å². The molecule has 0 radical (unpaired) electrons. The van der Waals surface area contributed by atoms with Gasteiger partial charge in [0.2, 0.25) is 0 Å². The SMILES string of the molecule is CCOC(=O)c1cc2c(-c3cc(C(C)(C)O)ccc3Oc3c(C)cc(F)cc3C)cn(C)c(=O)c2n1S(=O)(=O)c1ccc(C)cc1. The fraction of sp³-hybridized carbons (Fsp3) is 0.257. The Kier molecular flexibility index (Phi) is 8.43. The molecule has 0 saturated heterocycles. The van der Waals surface area contributed by atoms with Crippen molar-refractivity contribution < 1.29 is 32.2 Å². The number of rotatable bonds is 8. The molecule has 46 heavy (non-hydrogen) atoms. The minimum absolute atomic E-state index is 0.0300. The molecule has 1 N–H and O–H groups in total. The maximum Gasteiger partial charge on any atom is 0.356 e. The predicted molar refractivity (Wildman–Crippen MR) is 174 cm³/mol. The van der Waals surface area contributed by atoms with Gasteiger partial charge in [0.15, 0.2) is 0 Å². The Hall–Kier alpha value is -4.74. The van der Waals surface area contributed by atoms with Gasteiger partial charge in [0.05, 0.1) is 17.1 Å². The van der Waals surface area contributed by atoms with Gasteiger partial charge in [-0.2, -0.15) is 0 Å². The van der Waals surface area contributed by atoms with E-state index in [0.717, 1.165) is 9.54 Å². The summed E-state index contributed by atoms with van der Waals surface area (Å²) in [5.74, 6) is -0.645. The molecule has 0 spiro atoms. The molecule has 9 nitrogen and oxygen atoms in total. The maximum absolute atomic E-state index is 14.2. The average Bonchev–Trinajstić information content (AvgIpc) is 3.39. The number of esters is 1. The number of carbonyl (C=O) groups excluding carboxylic acids is 1. The van der Waals surface area contributed by atoms with Crippen LogP contribution in [0.15, 0.2) is 76.6 Å². The van der Waals surface area contributed by atoms with Crippen molar-refractivity contribution in [2.24, 2.45) is 7.05 Å². The molecule has 0 bridgehead atoms. The van der Waals surface area contributed by atoms with Crippen LogP contribution in [0, 0.1) is 26.6 Å². The molecule has 0 amide bonds. The first-order valence-corrected chi connectivity index (χ1v) is 16.0. The van der Waals surface area contributed by atoms with Crippen LogP contribution in [-0.4, -0.2) is 34.6 Å². The van der Waals surface area contributed by atoms with E-state index >= 15 is 0 Å². The first-order chi connectivity index (χ1) is 21.5. The van der Waals surface area contributed by atoms with Crippen molar-refractivity contribution in [3.8, 4) is 22.6 Å². The molecule has 3 aromatic carbocycles. The Morgan fingerprint density at radius 2 is 1.59 bits per heavy atom. The van der Waals surface area contributed by atoms with Crippen LogP contribution in [0.1, 0.15) is 53.5 Å². The number of benzene rings is 3. The number of aromatic nitrogens is 2. The summed E-state index contributed by atoms with van der Waals surface area (Å²) < 4.78 is 56.1. The van der Waals surface area contributed by atoms with Crippen molar-refractivity contribution in [2.45, 2.75) is 52.0 Å². The zero-order valence-electron chi connectivity index (χ0n) is 26.6. The lowest BCUT2D eigenvalue weighted by Crippen LogP contribution is -2.25. The highest BCUT2D eigenvalue weighted by Gasteiger charge is 2.31. The van der Waals surface area contributed by atoms with Crippen LogP contribution >= 0.6 is 0 Å². The third-order valence-corrected chi connectivity index (χ3v) is 9.48. The van der Waals surface area contributed by atoms with Crippen LogP contribution in [0.2, 0.25) is 0 Å². The molecular weight excluding hydrogens is 611 g/mol. The highest BCUT2D eigenvalue weighted by molar-refractivity contribution is 7.90. The minimum atomic E-state index is -4.48. The molecule has 2 heterocycles. The van der Waals surface area contributed by atoms with Gasteiger partial charge in [0.1, 0.15) is 28.5 Å². The Labute approximate surface area is 266 Å². The molecule has 0 aliphatic carbocycles. The summed E-state index contributed by atoms with van der Waals surface area (Å²) in [7, 11) is -3.01. The van der Waals surface area contributed by atoms with Gasteiger partial charge in [-0.15, -0.1) is 0 Å². The number of halogens is 1. The van der Waals surface area contributed by atoms with E-state index in [1.807, 2.05) is 6.92 Å². The smallest absolute Gasteiger partial charge is 0.356 e. The first-order valence-electron chi connectivity index (χ1n) is 14.6. The number of fused-ring (bicyclic) bond motifs is 1. The average molecular weight is 647 g/mol. The molecule has 5 rings (SSSR count). The van der Waals surface area contributed by atoms with Gasteiger partial charge in [-0.05, 0) is 101 Å². The molecule has 0 aliphatic rings. The van der Waals surface area contributed by atoms with Crippen LogP contribution in [0.25, 0.3) is 22.0 Å². The number of carbonyl (C=O) groups is 1. The molecule has 11 heteroatoms. The lowest BCUT2D eigenvalue weighted by Gasteiger charge is -2.22. The fourth-order valence-electron chi connectivity index (χ4n) is 5.39. The van der Waals surface area contributed by atoms with Gasteiger partial charge < -0.3 is 19.1 Å². The Balaban J connectivity index is 1.89. The van der Waals surface area contributed by atoms with Gasteiger partial charge in [0, 0.05) is 29.8 Å².